The number of hydrogen-bond acceptors (Lipinski definition) is 2. The molecule has 0 aromatic heterocycles. The second kappa shape index (κ2) is 8.94. The van der Waals surface area contributed by atoms with Crippen molar-refractivity contribution in [1.29, 1.82) is 0 Å². The van der Waals surface area contributed by atoms with Crippen LogP contribution in [0.3, 0.4) is 0 Å². The second-order valence-electron chi connectivity index (χ2n) is 10.3. The number of benzene rings is 3. The maximum atomic E-state index is 12.9. The molecular weight excluding hydrogens is 422 g/mol. The number of rotatable bonds is 5. The van der Waals surface area contributed by atoms with Crippen molar-refractivity contribution >= 4 is 29.2 Å². The van der Waals surface area contributed by atoms with Crippen LogP contribution >= 0.6 is 0 Å². The molecule has 0 bridgehead atoms. The Morgan fingerprint density at radius 1 is 0.794 bits per heavy atom. The van der Waals surface area contributed by atoms with Crippen LogP contribution in [0.5, 0.6) is 0 Å². The van der Waals surface area contributed by atoms with Gasteiger partial charge in [0.05, 0.1) is 5.57 Å². The summed E-state index contributed by atoms with van der Waals surface area (Å²) in [6, 6.07) is 22.2. The summed E-state index contributed by atoms with van der Waals surface area (Å²) in [4.78, 5) is 24.8. The highest BCUT2D eigenvalue weighted by atomic mass is 16.4. The van der Waals surface area contributed by atoms with Crippen molar-refractivity contribution in [2.75, 3.05) is 5.32 Å². The molecule has 1 amide bonds. The number of fused-ring (bicyclic) bond motifs is 1. The van der Waals surface area contributed by atoms with Gasteiger partial charge in [-0.3, -0.25) is 4.79 Å². The van der Waals surface area contributed by atoms with Crippen LogP contribution in [0.1, 0.15) is 73.1 Å². The molecule has 34 heavy (non-hydrogen) atoms. The van der Waals surface area contributed by atoms with Gasteiger partial charge in [-0.15, -0.1) is 0 Å². The molecule has 0 radical (unpaired) electrons. The molecule has 3 aromatic rings. The van der Waals surface area contributed by atoms with Crippen LogP contribution < -0.4 is 5.32 Å². The Kier molecular flexibility index (Phi) is 6.18. The summed E-state index contributed by atoms with van der Waals surface area (Å²) in [5.41, 5.74) is 5.60. The van der Waals surface area contributed by atoms with E-state index in [-0.39, 0.29) is 22.3 Å². The maximum Gasteiger partial charge on any atom is 0.336 e. The topological polar surface area (TPSA) is 66.4 Å². The number of carboxylic acid groups (broad SMARTS) is 1. The van der Waals surface area contributed by atoms with E-state index in [1.807, 2.05) is 36.4 Å². The minimum Gasteiger partial charge on any atom is -0.478 e. The summed E-state index contributed by atoms with van der Waals surface area (Å²) < 4.78 is 0. The lowest BCUT2D eigenvalue weighted by Gasteiger charge is -2.42. The first kappa shape index (κ1) is 23.5. The van der Waals surface area contributed by atoms with Crippen molar-refractivity contribution in [2.45, 2.75) is 51.4 Å². The largest absolute Gasteiger partial charge is 0.478 e. The molecule has 174 valence electrons. The van der Waals surface area contributed by atoms with Gasteiger partial charge in [0.15, 0.2) is 0 Å². The summed E-state index contributed by atoms with van der Waals surface area (Å²) >= 11 is 0. The zero-order chi connectivity index (χ0) is 24.5. The van der Waals surface area contributed by atoms with E-state index in [1.54, 1.807) is 30.3 Å². The van der Waals surface area contributed by atoms with Crippen molar-refractivity contribution in [3.63, 3.8) is 0 Å². The van der Waals surface area contributed by atoms with Gasteiger partial charge in [-0.25, -0.2) is 4.79 Å². The molecule has 1 aliphatic carbocycles. The van der Waals surface area contributed by atoms with Gasteiger partial charge in [-0.05, 0) is 76.3 Å². The standard InChI is InChI=1S/C30H31NO3/c1-29(2)16-17-30(3,4)26-19-23(14-15-25(26)29)31-27(32)22-12-10-21(11-13-22)24(28(33)34)18-20-8-6-5-7-9-20/h5-15,18-19H,16-17H2,1-4H3,(H,31,32)(H,33,34). The minimum absolute atomic E-state index is 0.0611. The molecule has 0 saturated heterocycles. The summed E-state index contributed by atoms with van der Waals surface area (Å²) in [5.74, 6) is -1.23. The molecule has 0 fully saturated rings. The normalized spacial score (nSPS) is 16.4. The minimum atomic E-state index is -1.01. The number of carboxylic acids is 1. The van der Waals surface area contributed by atoms with Crippen molar-refractivity contribution in [3.05, 3.63) is 101 Å². The highest BCUT2D eigenvalue weighted by molar-refractivity contribution is 6.20. The fraction of sp³-hybridized carbons (Fsp3) is 0.267. The third-order valence-corrected chi connectivity index (χ3v) is 6.91. The van der Waals surface area contributed by atoms with Crippen LogP contribution in [0, 0.1) is 0 Å². The number of hydrogen-bond donors (Lipinski definition) is 2. The molecule has 3 aromatic carbocycles. The Morgan fingerprint density at radius 2 is 1.38 bits per heavy atom. The van der Waals surface area contributed by atoms with Crippen LogP contribution in [-0.2, 0) is 15.6 Å². The Labute approximate surface area is 201 Å². The van der Waals surface area contributed by atoms with Gasteiger partial charge in [0.25, 0.3) is 5.91 Å². The van der Waals surface area contributed by atoms with Gasteiger partial charge in [0, 0.05) is 11.3 Å². The predicted octanol–water partition coefficient (Wildman–Crippen LogP) is 6.91. The van der Waals surface area contributed by atoms with Crippen LogP contribution in [0.25, 0.3) is 11.6 Å². The van der Waals surface area contributed by atoms with Gasteiger partial charge in [-0.1, -0.05) is 76.2 Å². The SMILES string of the molecule is CC1(C)CCC(C)(C)c2cc(NC(=O)c3ccc(C(=Cc4ccccc4)C(=O)O)cc3)ccc21. The molecule has 0 heterocycles. The quantitative estimate of drug-likeness (QED) is 0.326. The van der Waals surface area contributed by atoms with Crippen LogP contribution in [0.2, 0.25) is 0 Å². The number of carbonyl (C=O) groups excluding carboxylic acids is 1. The number of nitrogens with one attached hydrogen (secondary N) is 1. The van der Waals surface area contributed by atoms with E-state index in [4.69, 9.17) is 0 Å². The first-order valence-electron chi connectivity index (χ1n) is 11.6. The lowest BCUT2D eigenvalue weighted by Crippen LogP contribution is -2.33. The molecule has 4 heteroatoms. The number of carbonyl (C=O) groups is 2. The molecule has 0 spiro atoms. The van der Waals surface area contributed by atoms with Gasteiger partial charge in [-0.2, -0.15) is 0 Å². The zero-order valence-corrected chi connectivity index (χ0v) is 20.2. The van der Waals surface area contributed by atoms with E-state index >= 15 is 0 Å². The number of anilines is 1. The van der Waals surface area contributed by atoms with Gasteiger partial charge in [0.1, 0.15) is 0 Å². The molecular formula is C30H31NO3. The fourth-order valence-electron chi connectivity index (χ4n) is 4.66. The summed E-state index contributed by atoms with van der Waals surface area (Å²) in [6.45, 7) is 9.07. The summed E-state index contributed by atoms with van der Waals surface area (Å²) in [7, 11) is 0. The first-order valence-corrected chi connectivity index (χ1v) is 11.6. The zero-order valence-electron chi connectivity index (χ0n) is 20.2. The lowest BCUT2D eigenvalue weighted by atomic mass is 9.63. The average molecular weight is 454 g/mol. The maximum absolute atomic E-state index is 12.9. The van der Waals surface area contributed by atoms with E-state index in [2.05, 4.69) is 45.1 Å². The highest BCUT2D eigenvalue weighted by Crippen LogP contribution is 2.46. The lowest BCUT2D eigenvalue weighted by molar-refractivity contribution is -0.130. The average Bonchev–Trinajstić information content (AvgIpc) is 2.81. The summed E-state index contributed by atoms with van der Waals surface area (Å²) in [6.07, 6.45) is 3.88. The van der Waals surface area contributed by atoms with Crippen molar-refractivity contribution in [3.8, 4) is 0 Å². The molecule has 0 atom stereocenters. The van der Waals surface area contributed by atoms with E-state index in [9.17, 15) is 14.7 Å². The number of aliphatic carboxylic acids is 1. The third-order valence-electron chi connectivity index (χ3n) is 6.91. The van der Waals surface area contributed by atoms with Crippen LogP contribution in [-0.4, -0.2) is 17.0 Å². The van der Waals surface area contributed by atoms with E-state index in [0.29, 0.717) is 11.1 Å². The molecule has 0 saturated carbocycles. The number of amides is 1. The third kappa shape index (κ3) is 4.81. The van der Waals surface area contributed by atoms with Crippen LogP contribution in [0.4, 0.5) is 5.69 Å². The highest BCUT2D eigenvalue weighted by Gasteiger charge is 2.37. The Balaban J connectivity index is 1.56. The van der Waals surface area contributed by atoms with E-state index < -0.39 is 5.97 Å². The molecule has 2 N–H and O–H groups in total. The van der Waals surface area contributed by atoms with Crippen molar-refractivity contribution < 1.29 is 14.7 Å². The smallest absolute Gasteiger partial charge is 0.336 e. The molecule has 4 rings (SSSR count). The van der Waals surface area contributed by atoms with Crippen molar-refractivity contribution in [2.24, 2.45) is 0 Å². The predicted molar refractivity (Wildman–Crippen MR) is 138 cm³/mol. The molecule has 1 aliphatic rings. The molecule has 4 nitrogen and oxygen atoms in total. The molecule has 0 aliphatic heterocycles. The summed E-state index contributed by atoms with van der Waals surface area (Å²) in [5, 5.41) is 12.7. The Morgan fingerprint density at radius 3 is 2.00 bits per heavy atom. The first-order chi connectivity index (χ1) is 16.1. The van der Waals surface area contributed by atoms with Gasteiger partial charge < -0.3 is 10.4 Å². The van der Waals surface area contributed by atoms with Gasteiger partial charge >= 0.3 is 5.97 Å². The van der Waals surface area contributed by atoms with Gasteiger partial charge in [0.2, 0.25) is 0 Å². The van der Waals surface area contributed by atoms with Crippen molar-refractivity contribution in [1.82, 2.24) is 0 Å². The second-order valence-corrected chi connectivity index (χ2v) is 10.3. The monoisotopic (exact) mass is 453 g/mol. The van der Waals surface area contributed by atoms with Crippen LogP contribution in [0.15, 0.2) is 72.8 Å². The van der Waals surface area contributed by atoms with E-state index in [0.717, 1.165) is 24.1 Å². The Bertz CT molecular complexity index is 1250. The molecule has 0 unspecified atom stereocenters. The van der Waals surface area contributed by atoms with E-state index in [1.165, 1.54) is 11.1 Å². The Hall–Kier alpha value is -3.66. The fourth-order valence-corrected chi connectivity index (χ4v) is 4.66.